The van der Waals surface area contributed by atoms with Gasteiger partial charge in [0.15, 0.2) is 0 Å². The van der Waals surface area contributed by atoms with Crippen LogP contribution in [0.1, 0.15) is 48.0 Å². The second kappa shape index (κ2) is 8.17. The number of carbonyl (C=O) groups is 1. The summed E-state index contributed by atoms with van der Waals surface area (Å²) < 4.78 is 28.3. The summed E-state index contributed by atoms with van der Waals surface area (Å²) in [6, 6.07) is 4.84. The van der Waals surface area contributed by atoms with E-state index in [0.717, 1.165) is 32.6 Å². The number of aromatic nitrogens is 2. The number of rotatable bonds is 6. The molecular formula is C20H23F2N3OS. The van der Waals surface area contributed by atoms with Gasteiger partial charge in [-0.2, -0.15) is 13.9 Å². The van der Waals surface area contributed by atoms with E-state index >= 15 is 0 Å². The first-order chi connectivity index (χ1) is 12.8. The summed E-state index contributed by atoms with van der Waals surface area (Å²) in [7, 11) is 1.50. The van der Waals surface area contributed by atoms with Crippen molar-refractivity contribution in [1.82, 2.24) is 15.1 Å². The minimum absolute atomic E-state index is 0.143. The molecule has 0 unspecified atom stereocenters. The van der Waals surface area contributed by atoms with Crippen molar-refractivity contribution in [2.75, 3.05) is 6.54 Å². The number of thiophene rings is 1. The molecule has 0 spiro atoms. The zero-order chi connectivity index (χ0) is 19.4. The molecule has 1 aliphatic rings. The van der Waals surface area contributed by atoms with Crippen LogP contribution in [0.15, 0.2) is 42.0 Å². The molecule has 0 fully saturated rings. The van der Waals surface area contributed by atoms with Gasteiger partial charge in [-0.05, 0) is 43.9 Å². The highest BCUT2D eigenvalue weighted by atomic mass is 32.1. The minimum atomic E-state index is -2.96. The van der Waals surface area contributed by atoms with Gasteiger partial charge in [0.25, 0.3) is 11.8 Å². The third kappa shape index (κ3) is 4.91. The van der Waals surface area contributed by atoms with Crippen molar-refractivity contribution >= 4 is 17.2 Å². The first-order valence-electron chi connectivity index (χ1n) is 8.98. The first kappa shape index (κ1) is 19.5. The van der Waals surface area contributed by atoms with Crippen LogP contribution in [-0.4, -0.2) is 22.2 Å². The summed E-state index contributed by atoms with van der Waals surface area (Å²) in [5.41, 5.74) is 1.67. The van der Waals surface area contributed by atoms with Crippen molar-refractivity contribution in [3.8, 4) is 10.6 Å². The molecule has 7 heteroatoms. The molecule has 1 N–H and O–H groups in total. The smallest absolute Gasteiger partial charge is 0.286 e. The predicted molar refractivity (Wildman–Crippen MR) is 104 cm³/mol. The number of hydrogen-bond donors (Lipinski definition) is 1. The number of allylic oxidation sites excluding steroid dienone is 3. The van der Waals surface area contributed by atoms with Gasteiger partial charge >= 0.3 is 0 Å². The maximum absolute atomic E-state index is 13.6. The highest BCUT2D eigenvalue weighted by Gasteiger charge is 2.29. The summed E-state index contributed by atoms with van der Waals surface area (Å²) >= 11 is 1.26. The number of amides is 1. The lowest BCUT2D eigenvalue weighted by Crippen LogP contribution is -2.23. The summed E-state index contributed by atoms with van der Waals surface area (Å²) in [6.07, 6.45) is 10.5. The molecule has 0 saturated carbocycles. The summed E-state index contributed by atoms with van der Waals surface area (Å²) in [5, 5.41) is 7.09. The van der Waals surface area contributed by atoms with Gasteiger partial charge in [-0.25, -0.2) is 0 Å². The molecule has 1 aliphatic carbocycles. The van der Waals surface area contributed by atoms with E-state index in [4.69, 9.17) is 0 Å². The maximum atomic E-state index is 13.6. The molecule has 2 heterocycles. The fourth-order valence-electron chi connectivity index (χ4n) is 3.07. The van der Waals surface area contributed by atoms with Crippen LogP contribution in [0.3, 0.4) is 0 Å². The lowest BCUT2D eigenvalue weighted by atomic mass is 10.1. The lowest BCUT2D eigenvalue weighted by Gasteiger charge is -2.08. The predicted octanol–water partition coefficient (Wildman–Crippen LogP) is 5.05. The molecule has 0 atom stereocenters. The third-order valence-electron chi connectivity index (χ3n) is 4.48. The van der Waals surface area contributed by atoms with Crippen molar-refractivity contribution in [2.24, 2.45) is 7.05 Å². The molecule has 4 nitrogen and oxygen atoms in total. The Balaban J connectivity index is 1.60. The number of hydrogen-bond acceptors (Lipinski definition) is 3. The van der Waals surface area contributed by atoms with Crippen molar-refractivity contribution < 1.29 is 13.6 Å². The SMILES string of the molecule is Cn1nc(-c2ccc(C(=O)NCCC3=CCC=CCC3)s2)cc1C(C)(F)F. The lowest BCUT2D eigenvalue weighted by molar-refractivity contribution is 0.00882. The van der Waals surface area contributed by atoms with Gasteiger partial charge in [-0.3, -0.25) is 9.48 Å². The van der Waals surface area contributed by atoms with E-state index in [1.807, 2.05) is 0 Å². The summed E-state index contributed by atoms with van der Waals surface area (Å²) in [4.78, 5) is 13.6. The number of alkyl halides is 2. The van der Waals surface area contributed by atoms with Crippen molar-refractivity contribution in [2.45, 2.75) is 38.5 Å². The van der Waals surface area contributed by atoms with Gasteiger partial charge in [-0.1, -0.05) is 23.8 Å². The molecule has 0 saturated heterocycles. The molecule has 3 rings (SSSR count). The number of nitrogens with one attached hydrogen (secondary N) is 1. The molecule has 27 heavy (non-hydrogen) atoms. The van der Waals surface area contributed by atoms with Crippen LogP contribution in [-0.2, 0) is 13.0 Å². The first-order valence-corrected chi connectivity index (χ1v) is 9.80. The maximum Gasteiger partial charge on any atom is 0.286 e. The highest BCUT2D eigenvalue weighted by Crippen LogP contribution is 2.33. The van der Waals surface area contributed by atoms with E-state index in [-0.39, 0.29) is 11.6 Å². The topological polar surface area (TPSA) is 46.9 Å². The van der Waals surface area contributed by atoms with E-state index in [0.29, 0.717) is 22.0 Å². The standard InChI is InChI=1S/C20H23F2N3OS/c1-20(21,22)18-13-15(24-25(18)2)16-9-10-17(27-16)19(26)23-12-11-14-7-5-3-4-6-8-14/h3-4,7,9-10,13H,5-6,8,11-12H2,1-2H3,(H,23,26). The average Bonchev–Trinajstić information content (AvgIpc) is 3.15. The quantitative estimate of drug-likeness (QED) is 0.701. The van der Waals surface area contributed by atoms with Crippen molar-refractivity contribution in [3.63, 3.8) is 0 Å². The van der Waals surface area contributed by atoms with Crippen LogP contribution >= 0.6 is 11.3 Å². The van der Waals surface area contributed by atoms with E-state index in [1.165, 1.54) is 34.7 Å². The van der Waals surface area contributed by atoms with E-state index in [1.54, 1.807) is 12.1 Å². The molecule has 2 aromatic rings. The molecule has 0 aliphatic heterocycles. The highest BCUT2D eigenvalue weighted by molar-refractivity contribution is 7.17. The Morgan fingerprint density at radius 3 is 2.93 bits per heavy atom. The zero-order valence-corrected chi connectivity index (χ0v) is 16.3. The van der Waals surface area contributed by atoms with Crippen LogP contribution < -0.4 is 5.32 Å². The Morgan fingerprint density at radius 2 is 2.19 bits per heavy atom. The summed E-state index contributed by atoms with van der Waals surface area (Å²) in [5.74, 6) is -3.10. The molecule has 1 amide bonds. The Bertz CT molecular complexity index is 874. The Hall–Kier alpha value is -2.28. The molecule has 144 valence electrons. The number of nitrogens with zero attached hydrogens (tertiary/aromatic N) is 2. The zero-order valence-electron chi connectivity index (χ0n) is 15.5. The molecule has 0 radical (unpaired) electrons. The second-order valence-corrected chi connectivity index (χ2v) is 7.79. The number of halogens is 2. The Morgan fingerprint density at radius 1 is 1.37 bits per heavy atom. The molecule has 0 bridgehead atoms. The van der Waals surface area contributed by atoms with Crippen LogP contribution in [0.5, 0.6) is 0 Å². The molecular weight excluding hydrogens is 368 g/mol. The van der Waals surface area contributed by atoms with Gasteiger partial charge < -0.3 is 5.32 Å². The van der Waals surface area contributed by atoms with Crippen molar-refractivity contribution in [1.29, 1.82) is 0 Å². The van der Waals surface area contributed by atoms with Crippen LogP contribution in [0.2, 0.25) is 0 Å². The second-order valence-electron chi connectivity index (χ2n) is 6.70. The average molecular weight is 391 g/mol. The fraction of sp³-hybridized carbons (Fsp3) is 0.400. The molecule has 2 aromatic heterocycles. The minimum Gasteiger partial charge on any atom is -0.351 e. The largest absolute Gasteiger partial charge is 0.351 e. The Kier molecular flexibility index (Phi) is 5.89. The van der Waals surface area contributed by atoms with Gasteiger partial charge in [0.2, 0.25) is 0 Å². The Labute approximate surface area is 161 Å². The van der Waals surface area contributed by atoms with Crippen LogP contribution in [0.4, 0.5) is 8.78 Å². The normalized spacial score (nSPS) is 14.7. The van der Waals surface area contributed by atoms with E-state index < -0.39 is 5.92 Å². The van der Waals surface area contributed by atoms with Gasteiger partial charge in [0.1, 0.15) is 11.4 Å². The third-order valence-corrected chi connectivity index (χ3v) is 5.59. The van der Waals surface area contributed by atoms with Gasteiger partial charge in [0.05, 0.1) is 9.75 Å². The number of carbonyl (C=O) groups excluding carboxylic acids is 1. The monoisotopic (exact) mass is 391 g/mol. The molecule has 0 aromatic carbocycles. The van der Waals surface area contributed by atoms with Crippen LogP contribution in [0, 0.1) is 0 Å². The summed E-state index contributed by atoms with van der Waals surface area (Å²) in [6.45, 7) is 1.44. The van der Waals surface area contributed by atoms with E-state index in [2.05, 4.69) is 28.6 Å². The van der Waals surface area contributed by atoms with Crippen molar-refractivity contribution in [3.05, 3.63) is 52.6 Å². The number of aryl methyl sites for hydroxylation is 1. The van der Waals surface area contributed by atoms with Crippen LogP contribution in [0.25, 0.3) is 10.6 Å². The van der Waals surface area contributed by atoms with Gasteiger partial charge in [-0.15, -0.1) is 11.3 Å². The van der Waals surface area contributed by atoms with E-state index in [9.17, 15) is 13.6 Å². The van der Waals surface area contributed by atoms with Gasteiger partial charge in [0, 0.05) is 20.5 Å². The fourth-order valence-corrected chi connectivity index (χ4v) is 3.94.